The van der Waals surface area contributed by atoms with Crippen molar-refractivity contribution in [2.24, 2.45) is 0 Å². The number of benzene rings is 1. The lowest BCUT2D eigenvalue weighted by molar-refractivity contribution is -0.140. The Morgan fingerprint density at radius 3 is 2.47 bits per heavy atom. The summed E-state index contributed by atoms with van der Waals surface area (Å²) in [7, 11) is -1.08. The third-order valence-corrected chi connectivity index (χ3v) is 5.05. The number of methoxy groups -OCH3 is 1. The minimum atomic E-state index is -3.70. The molecule has 1 rings (SSSR count). The van der Waals surface area contributed by atoms with Gasteiger partial charge in [0.25, 0.3) is 0 Å². The zero-order valence-corrected chi connectivity index (χ0v) is 12.7. The first-order valence-corrected chi connectivity index (χ1v) is 7.47. The number of carbonyl (C=O) groups excluding carboxylic acids is 1. The highest BCUT2D eigenvalue weighted by molar-refractivity contribution is 7.89. The van der Waals surface area contributed by atoms with Crippen LogP contribution in [0.15, 0.2) is 23.1 Å². The van der Waals surface area contributed by atoms with E-state index in [4.69, 9.17) is 23.2 Å². The molecule has 106 valence electrons. The normalized spacial score (nSPS) is 11.6. The molecule has 0 atom stereocenters. The lowest BCUT2D eigenvalue weighted by Gasteiger charge is -2.16. The van der Waals surface area contributed by atoms with E-state index < -0.39 is 16.0 Å². The second-order valence-corrected chi connectivity index (χ2v) is 6.59. The Hall–Kier alpha value is -0.820. The van der Waals surface area contributed by atoms with E-state index in [0.717, 1.165) is 4.31 Å². The summed E-state index contributed by atoms with van der Waals surface area (Å²) in [5, 5.41) is 0.432. The van der Waals surface area contributed by atoms with Crippen molar-refractivity contribution in [3.05, 3.63) is 28.2 Å². The van der Waals surface area contributed by atoms with Gasteiger partial charge in [0.15, 0.2) is 0 Å². The van der Waals surface area contributed by atoms with Gasteiger partial charge in [0, 0.05) is 13.6 Å². The van der Waals surface area contributed by atoms with E-state index in [1.807, 2.05) is 0 Å². The van der Waals surface area contributed by atoms with E-state index in [9.17, 15) is 13.2 Å². The summed E-state index contributed by atoms with van der Waals surface area (Å²) in [4.78, 5) is 11.0. The summed E-state index contributed by atoms with van der Waals surface area (Å²) in [6, 6.07) is 4.04. The lowest BCUT2D eigenvalue weighted by Crippen LogP contribution is -2.29. The number of carbonyl (C=O) groups is 1. The molecule has 0 saturated carbocycles. The Balaban J connectivity index is 2.90. The largest absolute Gasteiger partial charge is 0.469 e. The van der Waals surface area contributed by atoms with E-state index in [0.29, 0.717) is 0 Å². The van der Waals surface area contributed by atoms with Crippen molar-refractivity contribution in [1.82, 2.24) is 4.31 Å². The second-order valence-electron chi connectivity index (χ2n) is 3.73. The monoisotopic (exact) mass is 325 g/mol. The number of sulfonamides is 1. The van der Waals surface area contributed by atoms with Gasteiger partial charge in [-0.15, -0.1) is 0 Å². The smallest absolute Gasteiger partial charge is 0.306 e. The van der Waals surface area contributed by atoms with Gasteiger partial charge < -0.3 is 4.74 Å². The number of hydrogen-bond donors (Lipinski definition) is 0. The number of ether oxygens (including phenoxy) is 1. The van der Waals surface area contributed by atoms with Crippen molar-refractivity contribution >= 4 is 39.2 Å². The van der Waals surface area contributed by atoms with Gasteiger partial charge in [0.2, 0.25) is 10.0 Å². The average molecular weight is 326 g/mol. The molecule has 0 unspecified atom stereocenters. The molecule has 0 aliphatic carbocycles. The molecule has 0 aliphatic rings. The Morgan fingerprint density at radius 2 is 1.95 bits per heavy atom. The van der Waals surface area contributed by atoms with Crippen LogP contribution in [0.25, 0.3) is 0 Å². The predicted octanol–water partition coefficient (Wildman–Crippen LogP) is 2.18. The van der Waals surface area contributed by atoms with Crippen LogP contribution in [0.5, 0.6) is 0 Å². The van der Waals surface area contributed by atoms with Crippen LogP contribution < -0.4 is 0 Å². The molecule has 1 aromatic rings. The van der Waals surface area contributed by atoms with Crippen LogP contribution in [0.2, 0.25) is 10.0 Å². The summed E-state index contributed by atoms with van der Waals surface area (Å²) >= 11 is 11.5. The summed E-state index contributed by atoms with van der Waals surface area (Å²) in [6.07, 6.45) is -0.0203. The molecular weight excluding hydrogens is 313 g/mol. The molecule has 19 heavy (non-hydrogen) atoms. The highest BCUT2D eigenvalue weighted by Gasteiger charge is 2.22. The molecule has 0 amide bonds. The SMILES string of the molecule is COC(=O)CCN(C)S(=O)(=O)c1ccc(Cl)c(Cl)c1. The van der Waals surface area contributed by atoms with Crippen LogP contribution in [0, 0.1) is 0 Å². The van der Waals surface area contributed by atoms with Gasteiger partial charge in [0.05, 0.1) is 28.5 Å². The zero-order valence-electron chi connectivity index (χ0n) is 10.4. The van der Waals surface area contributed by atoms with Crippen molar-refractivity contribution in [2.45, 2.75) is 11.3 Å². The van der Waals surface area contributed by atoms with E-state index in [-0.39, 0.29) is 27.9 Å². The fourth-order valence-electron chi connectivity index (χ4n) is 1.29. The molecule has 0 heterocycles. The fourth-order valence-corrected chi connectivity index (χ4v) is 2.85. The quantitative estimate of drug-likeness (QED) is 0.778. The van der Waals surface area contributed by atoms with Gasteiger partial charge in [0.1, 0.15) is 0 Å². The summed E-state index contributed by atoms with van der Waals surface area (Å²) in [5.41, 5.74) is 0. The standard InChI is InChI=1S/C11H13Cl2NO4S/c1-14(6-5-11(15)18-2)19(16,17)8-3-4-9(12)10(13)7-8/h3-4,7H,5-6H2,1-2H3. The summed E-state index contributed by atoms with van der Waals surface area (Å²) in [6.45, 7) is 0.0231. The lowest BCUT2D eigenvalue weighted by atomic mass is 10.4. The highest BCUT2D eigenvalue weighted by atomic mass is 35.5. The Labute approximate surface area is 122 Å². The molecule has 0 fully saturated rings. The number of hydrogen-bond acceptors (Lipinski definition) is 4. The number of halogens is 2. The van der Waals surface area contributed by atoms with Gasteiger partial charge >= 0.3 is 5.97 Å². The Bertz CT molecular complexity index is 574. The molecular formula is C11H13Cl2NO4S. The van der Waals surface area contributed by atoms with Crippen molar-refractivity contribution in [3.63, 3.8) is 0 Å². The molecule has 8 heteroatoms. The van der Waals surface area contributed by atoms with Gasteiger partial charge in [-0.1, -0.05) is 23.2 Å². The zero-order chi connectivity index (χ0) is 14.6. The van der Waals surface area contributed by atoms with Gasteiger partial charge in [-0.05, 0) is 18.2 Å². The van der Waals surface area contributed by atoms with Gasteiger partial charge in [-0.3, -0.25) is 4.79 Å². The molecule has 0 saturated heterocycles. The first-order valence-electron chi connectivity index (χ1n) is 5.27. The van der Waals surface area contributed by atoms with Crippen LogP contribution in [0.1, 0.15) is 6.42 Å². The van der Waals surface area contributed by atoms with Crippen molar-refractivity contribution in [2.75, 3.05) is 20.7 Å². The summed E-state index contributed by atoms with van der Waals surface area (Å²) in [5.74, 6) is -0.476. The third kappa shape index (κ3) is 4.07. The maximum Gasteiger partial charge on any atom is 0.306 e. The first kappa shape index (κ1) is 16.2. The number of esters is 1. The van der Waals surface area contributed by atoms with Gasteiger partial charge in [-0.25, -0.2) is 12.7 Å². The Kier molecular flexibility index (Phi) is 5.61. The third-order valence-electron chi connectivity index (χ3n) is 2.46. The predicted molar refractivity (Wildman–Crippen MR) is 72.9 cm³/mol. The number of rotatable bonds is 5. The maximum atomic E-state index is 12.2. The topological polar surface area (TPSA) is 63.7 Å². The fraction of sp³-hybridized carbons (Fsp3) is 0.364. The molecule has 1 aromatic carbocycles. The van der Waals surface area contributed by atoms with Crippen LogP contribution in [0.4, 0.5) is 0 Å². The van der Waals surface area contributed by atoms with E-state index in [2.05, 4.69) is 4.74 Å². The second kappa shape index (κ2) is 6.56. The number of nitrogens with zero attached hydrogens (tertiary/aromatic N) is 1. The van der Waals surface area contributed by atoms with Crippen molar-refractivity contribution < 1.29 is 17.9 Å². The molecule has 0 bridgehead atoms. The van der Waals surface area contributed by atoms with Crippen LogP contribution in [-0.4, -0.2) is 39.4 Å². The highest BCUT2D eigenvalue weighted by Crippen LogP contribution is 2.26. The van der Waals surface area contributed by atoms with E-state index in [1.165, 1.54) is 32.4 Å². The maximum absolute atomic E-state index is 12.2. The minimum Gasteiger partial charge on any atom is -0.469 e. The van der Waals surface area contributed by atoms with E-state index in [1.54, 1.807) is 0 Å². The molecule has 0 radical (unpaired) electrons. The van der Waals surface area contributed by atoms with E-state index >= 15 is 0 Å². The van der Waals surface area contributed by atoms with Crippen molar-refractivity contribution in [3.8, 4) is 0 Å². The molecule has 5 nitrogen and oxygen atoms in total. The van der Waals surface area contributed by atoms with Crippen LogP contribution in [0.3, 0.4) is 0 Å². The molecule has 0 aliphatic heterocycles. The minimum absolute atomic E-state index is 0.0203. The Morgan fingerprint density at radius 1 is 1.32 bits per heavy atom. The van der Waals surface area contributed by atoms with Crippen LogP contribution >= 0.6 is 23.2 Å². The van der Waals surface area contributed by atoms with Crippen LogP contribution in [-0.2, 0) is 19.6 Å². The molecule has 0 N–H and O–H groups in total. The summed E-state index contributed by atoms with van der Waals surface area (Å²) < 4.78 is 29.9. The molecule has 0 aromatic heterocycles. The first-order chi connectivity index (χ1) is 8.78. The molecule has 0 spiro atoms. The van der Waals surface area contributed by atoms with Gasteiger partial charge in [-0.2, -0.15) is 0 Å². The van der Waals surface area contributed by atoms with Crippen molar-refractivity contribution in [1.29, 1.82) is 0 Å². The average Bonchev–Trinajstić information content (AvgIpc) is 2.38.